The molecule has 0 unspecified atom stereocenters. The number of rotatable bonds is 9. The number of nitrogens with zero attached hydrogens (tertiary/aromatic N) is 5. The number of ether oxygens (including phenoxy) is 1. The molecule has 190 valence electrons. The van der Waals surface area contributed by atoms with E-state index in [0.717, 1.165) is 25.1 Å². The van der Waals surface area contributed by atoms with Gasteiger partial charge in [0.05, 0.1) is 17.9 Å². The number of aromatic nitrogens is 2. The summed E-state index contributed by atoms with van der Waals surface area (Å²) < 4.78 is 11.1. The summed E-state index contributed by atoms with van der Waals surface area (Å²) in [6.07, 6.45) is 2.61. The summed E-state index contributed by atoms with van der Waals surface area (Å²) in [6, 6.07) is 19.0. The van der Waals surface area contributed by atoms with E-state index in [1.54, 1.807) is 30.5 Å². The SMILES string of the molecule is N#Cc1c(SCc2coc(-c3ccc(Cl)cc3)n2)nc(N2CCC2)c(C#N)c1-c1ccc(OCCO)cc1. The number of oxazole rings is 1. The number of thioether (sulfide) groups is 1. The van der Waals surface area contributed by atoms with Gasteiger partial charge in [-0.1, -0.05) is 35.5 Å². The Balaban J connectivity index is 1.49. The van der Waals surface area contributed by atoms with E-state index in [0.29, 0.717) is 61.2 Å². The van der Waals surface area contributed by atoms with E-state index < -0.39 is 0 Å². The lowest BCUT2D eigenvalue weighted by molar-refractivity contribution is 0.201. The van der Waals surface area contributed by atoms with Gasteiger partial charge in [-0.05, 0) is 48.4 Å². The fourth-order valence-corrected chi connectivity index (χ4v) is 5.02. The Morgan fingerprint density at radius 1 is 1.00 bits per heavy atom. The number of anilines is 1. The molecule has 2 aromatic heterocycles. The van der Waals surface area contributed by atoms with Crippen molar-refractivity contribution < 1.29 is 14.3 Å². The van der Waals surface area contributed by atoms with Crippen LogP contribution in [0.1, 0.15) is 23.2 Å². The third-order valence-electron chi connectivity index (χ3n) is 6.03. The van der Waals surface area contributed by atoms with Crippen molar-refractivity contribution in [1.82, 2.24) is 9.97 Å². The molecule has 38 heavy (non-hydrogen) atoms. The van der Waals surface area contributed by atoms with Crippen LogP contribution in [0.3, 0.4) is 0 Å². The molecule has 0 saturated carbocycles. The van der Waals surface area contributed by atoms with Gasteiger partial charge in [-0.15, -0.1) is 0 Å². The van der Waals surface area contributed by atoms with Gasteiger partial charge in [0.15, 0.2) is 0 Å². The van der Waals surface area contributed by atoms with Crippen molar-refractivity contribution >= 4 is 29.2 Å². The molecule has 0 radical (unpaired) electrons. The fourth-order valence-electron chi connectivity index (χ4n) is 4.03. The van der Waals surface area contributed by atoms with Crippen LogP contribution >= 0.6 is 23.4 Å². The molecule has 1 aliphatic heterocycles. The topological polar surface area (TPSA) is 119 Å². The Morgan fingerprint density at radius 3 is 2.34 bits per heavy atom. The van der Waals surface area contributed by atoms with Crippen LogP contribution in [0.15, 0.2) is 64.2 Å². The van der Waals surface area contributed by atoms with E-state index in [1.165, 1.54) is 11.8 Å². The minimum Gasteiger partial charge on any atom is -0.491 e. The van der Waals surface area contributed by atoms with Gasteiger partial charge in [0.2, 0.25) is 5.89 Å². The van der Waals surface area contributed by atoms with E-state index in [-0.39, 0.29) is 13.2 Å². The molecule has 0 aliphatic carbocycles. The first-order chi connectivity index (χ1) is 18.6. The smallest absolute Gasteiger partial charge is 0.226 e. The van der Waals surface area contributed by atoms with Crippen LogP contribution in [0, 0.1) is 22.7 Å². The molecular weight excluding hydrogens is 522 g/mol. The van der Waals surface area contributed by atoms with Gasteiger partial charge in [0.1, 0.15) is 47.2 Å². The largest absolute Gasteiger partial charge is 0.491 e. The Morgan fingerprint density at radius 2 is 1.71 bits per heavy atom. The standard InChI is InChI=1S/C28H22ClN5O3S/c29-20-6-2-19(3-7-20)27-32-21(16-37-27)17-38-28-24(15-31)25(18-4-8-22(9-5-18)36-13-12-35)23(14-30)26(33-28)34-10-1-11-34/h2-9,16,35H,1,10-13,17H2. The molecule has 0 amide bonds. The van der Waals surface area contributed by atoms with Gasteiger partial charge < -0.3 is 19.2 Å². The van der Waals surface area contributed by atoms with Crippen molar-refractivity contribution in [3.05, 3.63) is 76.6 Å². The highest BCUT2D eigenvalue weighted by Crippen LogP contribution is 2.40. The lowest BCUT2D eigenvalue weighted by Crippen LogP contribution is -2.38. The number of pyridine rings is 1. The maximum Gasteiger partial charge on any atom is 0.226 e. The number of benzene rings is 2. The van der Waals surface area contributed by atoms with E-state index >= 15 is 0 Å². The van der Waals surface area contributed by atoms with Crippen molar-refractivity contribution in [2.24, 2.45) is 0 Å². The van der Waals surface area contributed by atoms with Crippen molar-refractivity contribution in [2.45, 2.75) is 17.2 Å². The van der Waals surface area contributed by atoms with Crippen LogP contribution in [0.5, 0.6) is 5.75 Å². The summed E-state index contributed by atoms with van der Waals surface area (Å²) in [5, 5.41) is 30.5. The van der Waals surface area contributed by atoms with Crippen LogP contribution in [-0.4, -0.2) is 41.4 Å². The number of hydrogen-bond acceptors (Lipinski definition) is 9. The fraction of sp³-hybridized carbons (Fsp3) is 0.214. The second kappa shape index (κ2) is 11.6. The van der Waals surface area contributed by atoms with Gasteiger partial charge in [-0.3, -0.25) is 0 Å². The quantitative estimate of drug-likeness (QED) is 0.266. The van der Waals surface area contributed by atoms with Gasteiger partial charge in [0.25, 0.3) is 0 Å². The zero-order chi connectivity index (χ0) is 26.5. The minimum absolute atomic E-state index is 0.0875. The van der Waals surface area contributed by atoms with E-state index in [1.807, 2.05) is 24.3 Å². The number of halogens is 1. The third kappa shape index (κ3) is 5.32. The Kier molecular flexibility index (Phi) is 7.81. The highest BCUT2D eigenvalue weighted by atomic mass is 35.5. The third-order valence-corrected chi connectivity index (χ3v) is 7.29. The maximum absolute atomic E-state index is 10.2. The first-order valence-electron chi connectivity index (χ1n) is 11.9. The molecular formula is C28H22ClN5O3S. The Hall–Kier alpha value is -4.02. The van der Waals surface area contributed by atoms with E-state index in [4.69, 9.17) is 30.8 Å². The molecule has 10 heteroatoms. The summed E-state index contributed by atoms with van der Waals surface area (Å²) in [6.45, 7) is 1.70. The Bertz CT molecular complexity index is 1520. The summed E-state index contributed by atoms with van der Waals surface area (Å²) in [5.41, 5.74) is 3.49. The Labute approximate surface area is 229 Å². The van der Waals surface area contributed by atoms with Crippen LogP contribution in [-0.2, 0) is 5.75 Å². The highest BCUT2D eigenvalue weighted by Gasteiger charge is 2.27. The summed E-state index contributed by atoms with van der Waals surface area (Å²) >= 11 is 7.36. The average Bonchev–Trinajstić information content (AvgIpc) is 3.39. The molecule has 0 atom stereocenters. The van der Waals surface area contributed by atoms with Gasteiger partial charge in [-0.2, -0.15) is 10.5 Å². The highest BCUT2D eigenvalue weighted by molar-refractivity contribution is 7.98. The molecule has 5 rings (SSSR count). The number of aliphatic hydroxyl groups is 1. The molecule has 1 N–H and O–H groups in total. The normalized spacial score (nSPS) is 12.5. The van der Waals surface area contributed by atoms with Crippen molar-refractivity contribution in [1.29, 1.82) is 10.5 Å². The first kappa shape index (κ1) is 25.6. The van der Waals surface area contributed by atoms with Crippen molar-refractivity contribution in [2.75, 3.05) is 31.2 Å². The monoisotopic (exact) mass is 543 g/mol. The second-order valence-corrected chi connectivity index (χ2v) is 9.87. The zero-order valence-corrected chi connectivity index (χ0v) is 21.8. The molecule has 3 heterocycles. The predicted octanol–water partition coefficient (Wildman–Crippen LogP) is 5.67. The molecule has 1 aliphatic rings. The molecule has 4 aromatic rings. The lowest BCUT2D eigenvalue weighted by Gasteiger charge is -2.33. The number of nitriles is 2. The molecule has 0 spiro atoms. The number of aliphatic hydroxyl groups excluding tert-OH is 1. The molecule has 8 nitrogen and oxygen atoms in total. The summed E-state index contributed by atoms with van der Waals surface area (Å²) in [5.74, 6) is 2.08. The average molecular weight is 544 g/mol. The molecule has 0 bridgehead atoms. The summed E-state index contributed by atoms with van der Waals surface area (Å²) in [7, 11) is 0. The lowest BCUT2D eigenvalue weighted by atomic mass is 9.96. The zero-order valence-electron chi connectivity index (χ0n) is 20.2. The first-order valence-corrected chi connectivity index (χ1v) is 13.3. The van der Waals surface area contributed by atoms with Crippen LogP contribution in [0.2, 0.25) is 5.02 Å². The van der Waals surface area contributed by atoms with E-state index in [2.05, 4.69) is 22.0 Å². The van der Waals surface area contributed by atoms with Crippen LogP contribution in [0.25, 0.3) is 22.6 Å². The molecule has 1 fully saturated rings. The van der Waals surface area contributed by atoms with Gasteiger partial charge >= 0.3 is 0 Å². The summed E-state index contributed by atoms with van der Waals surface area (Å²) in [4.78, 5) is 11.4. The minimum atomic E-state index is -0.0875. The van der Waals surface area contributed by atoms with Crippen molar-refractivity contribution in [3.63, 3.8) is 0 Å². The molecule has 2 aromatic carbocycles. The van der Waals surface area contributed by atoms with Gasteiger partial charge in [0, 0.05) is 35.0 Å². The van der Waals surface area contributed by atoms with Crippen LogP contribution in [0.4, 0.5) is 5.82 Å². The number of hydrogen-bond donors (Lipinski definition) is 1. The second-order valence-electron chi connectivity index (χ2n) is 8.47. The van der Waals surface area contributed by atoms with Crippen LogP contribution < -0.4 is 9.64 Å². The molecule has 1 saturated heterocycles. The van der Waals surface area contributed by atoms with E-state index in [9.17, 15) is 10.5 Å². The van der Waals surface area contributed by atoms with Gasteiger partial charge in [-0.25, -0.2) is 9.97 Å². The van der Waals surface area contributed by atoms with Crippen molar-refractivity contribution in [3.8, 4) is 40.5 Å². The maximum atomic E-state index is 10.2. The predicted molar refractivity (Wildman–Crippen MR) is 145 cm³/mol.